The summed E-state index contributed by atoms with van der Waals surface area (Å²) in [6.07, 6.45) is 2.18. The molecule has 18 heavy (non-hydrogen) atoms. The fourth-order valence-electron chi connectivity index (χ4n) is 1.99. The molecule has 0 aliphatic carbocycles. The van der Waals surface area contributed by atoms with E-state index in [1.165, 1.54) is 0 Å². The van der Waals surface area contributed by atoms with E-state index in [0.717, 1.165) is 12.8 Å². The molecule has 1 amide bonds. The number of alkyl halides is 1. The number of amides is 1. The van der Waals surface area contributed by atoms with Crippen molar-refractivity contribution in [2.24, 2.45) is 11.3 Å². The molecule has 0 aromatic heterocycles. The van der Waals surface area contributed by atoms with Crippen molar-refractivity contribution in [1.29, 1.82) is 0 Å². The van der Waals surface area contributed by atoms with Gasteiger partial charge >= 0.3 is 0 Å². The van der Waals surface area contributed by atoms with E-state index in [4.69, 9.17) is 16.3 Å². The SMILES string of the molecule is CC(CC(=O)NC1(CCl)CCOCC1)C(C)(C)C. The molecule has 1 fully saturated rings. The topological polar surface area (TPSA) is 38.3 Å². The molecule has 1 aliphatic rings. The number of rotatable bonds is 4. The van der Waals surface area contributed by atoms with Gasteiger partial charge in [-0.2, -0.15) is 0 Å². The van der Waals surface area contributed by atoms with Gasteiger partial charge in [-0.15, -0.1) is 11.6 Å². The van der Waals surface area contributed by atoms with Crippen LogP contribution in [-0.2, 0) is 9.53 Å². The highest BCUT2D eigenvalue weighted by molar-refractivity contribution is 6.18. The van der Waals surface area contributed by atoms with Crippen molar-refractivity contribution in [2.45, 2.75) is 52.5 Å². The molecule has 4 heteroatoms. The minimum Gasteiger partial charge on any atom is -0.381 e. The van der Waals surface area contributed by atoms with Crippen molar-refractivity contribution in [3.8, 4) is 0 Å². The molecule has 106 valence electrons. The average molecular weight is 276 g/mol. The molecular weight excluding hydrogens is 250 g/mol. The standard InChI is InChI=1S/C14H26ClNO2/c1-11(13(2,3)4)9-12(17)16-14(10-15)5-7-18-8-6-14/h11H,5-10H2,1-4H3,(H,16,17). The van der Waals surface area contributed by atoms with Crippen LogP contribution in [0.5, 0.6) is 0 Å². The largest absolute Gasteiger partial charge is 0.381 e. The summed E-state index contributed by atoms with van der Waals surface area (Å²) in [5, 5.41) is 3.13. The van der Waals surface area contributed by atoms with Crippen LogP contribution in [0.1, 0.15) is 47.0 Å². The third kappa shape index (κ3) is 4.43. The van der Waals surface area contributed by atoms with Gasteiger partial charge in [0.15, 0.2) is 0 Å². The maximum Gasteiger partial charge on any atom is 0.220 e. The van der Waals surface area contributed by atoms with Gasteiger partial charge < -0.3 is 10.1 Å². The number of carbonyl (C=O) groups is 1. The summed E-state index contributed by atoms with van der Waals surface area (Å²) in [6.45, 7) is 9.98. The van der Waals surface area contributed by atoms with Crippen molar-refractivity contribution in [3.05, 3.63) is 0 Å². The molecule has 3 nitrogen and oxygen atoms in total. The zero-order chi connectivity index (χ0) is 13.8. The molecule has 1 saturated heterocycles. The van der Waals surface area contributed by atoms with Gasteiger partial charge in [0, 0.05) is 25.5 Å². The maximum absolute atomic E-state index is 12.1. The summed E-state index contributed by atoms with van der Waals surface area (Å²) in [4.78, 5) is 12.1. The summed E-state index contributed by atoms with van der Waals surface area (Å²) in [7, 11) is 0. The molecule has 1 heterocycles. The fraction of sp³-hybridized carbons (Fsp3) is 0.929. The molecule has 1 N–H and O–H groups in total. The lowest BCUT2D eigenvalue weighted by Gasteiger charge is -2.37. The van der Waals surface area contributed by atoms with Crippen LogP contribution in [0, 0.1) is 11.3 Å². The van der Waals surface area contributed by atoms with Gasteiger partial charge in [0.2, 0.25) is 5.91 Å². The molecule has 1 aliphatic heterocycles. The summed E-state index contributed by atoms with van der Waals surface area (Å²) in [6, 6.07) is 0. The highest BCUT2D eigenvalue weighted by Crippen LogP contribution is 2.29. The van der Waals surface area contributed by atoms with Crippen LogP contribution in [-0.4, -0.2) is 30.5 Å². The third-order valence-electron chi connectivity index (χ3n) is 4.08. The summed E-state index contributed by atoms with van der Waals surface area (Å²) in [5.74, 6) is 0.927. The zero-order valence-corrected chi connectivity index (χ0v) is 12.8. The Morgan fingerprint density at radius 1 is 1.39 bits per heavy atom. The van der Waals surface area contributed by atoms with Gasteiger partial charge in [0.25, 0.3) is 0 Å². The Morgan fingerprint density at radius 2 is 1.94 bits per heavy atom. The third-order valence-corrected chi connectivity index (χ3v) is 4.59. The predicted octanol–water partition coefficient (Wildman–Crippen LogP) is 2.96. The molecule has 1 unspecified atom stereocenters. The second kappa shape index (κ2) is 6.25. The Kier molecular flexibility index (Phi) is 5.47. The van der Waals surface area contributed by atoms with Crippen LogP contribution in [0.4, 0.5) is 0 Å². The normalized spacial score (nSPS) is 21.4. The zero-order valence-electron chi connectivity index (χ0n) is 12.0. The molecule has 1 atom stereocenters. The number of hydrogen-bond donors (Lipinski definition) is 1. The number of hydrogen-bond acceptors (Lipinski definition) is 2. The Balaban J connectivity index is 2.52. The number of ether oxygens (including phenoxy) is 1. The van der Waals surface area contributed by atoms with E-state index in [1.807, 2.05) is 0 Å². The van der Waals surface area contributed by atoms with E-state index < -0.39 is 0 Å². The second-order valence-electron chi connectivity index (χ2n) is 6.55. The minimum atomic E-state index is -0.255. The molecular formula is C14H26ClNO2. The summed E-state index contributed by atoms with van der Waals surface area (Å²) < 4.78 is 5.33. The maximum atomic E-state index is 12.1. The van der Waals surface area contributed by atoms with Crippen LogP contribution in [0.15, 0.2) is 0 Å². The molecule has 1 rings (SSSR count). The first-order chi connectivity index (χ1) is 8.29. The minimum absolute atomic E-state index is 0.111. The van der Waals surface area contributed by atoms with E-state index in [9.17, 15) is 4.79 Å². The predicted molar refractivity (Wildman–Crippen MR) is 74.9 cm³/mol. The van der Waals surface area contributed by atoms with E-state index in [1.54, 1.807) is 0 Å². The first-order valence-corrected chi connectivity index (χ1v) is 7.27. The van der Waals surface area contributed by atoms with Crippen molar-refractivity contribution in [3.63, 3.8) is 0 Å². The van der Waals surface area contributed by atoms with Crippen molar-refractivity contribution in [2.75, 3.05) is 19.1 Å². The van der Waals surface area contributed by atoms with E-state index in [-0.39, 0.29) is 16.9 Å². The van der Waals surface area contributed by atoms with Gasteiger partial charge in [-0.1, -0.05) is 27.7 Å². The van der Waals surface area contributed by atoms with E-state index in [0.29, 0.717) is 31.4 Å². The van der Waals surface area contributed by atoms with Crippen molar-refractivity contribution in [1.82, 2.24) is 5.32 Å². The van der Waals surface area contributed by atoms with Crippen LogP contribution >= 0.6 is 11.6 Å². The quantitative estimate of drug-likeness (QED) is 0.801. The number of halogens is 1. The Hall–Kier alpha value is -0.280. The van der Waals surface area contributed by atoms with E-state index in [2.05, 4.69) is 33.0 Å². The Bertz CT molecular complexity index is 280. The van der Waals surface area contributed by atoms with Crippen LogP contribution < -0.4 is 5.32 Å². The van der Waals surface area contributed by atoms with Crippen molar-refractivity contribution >= 4 is 17.5 Å². The average Bonchev–Trinajstić information content (AvgIpc) is 2.28. The smallest absolute Gasteiger partial charge is 0.220 e. The molecule has 0 aromatic rings. The van der Waals surface area contributed by atoms with Gasteiger partial charge in [0.1, 0.15) is 0 Å². The van der Waals surface area contributed by atoms with Gasteiger partial charge in [-0.05, 0) is 24.2 Å². The molecule has 0 spiro atoms. The lowest BCUT2D eigenvalue weighted by atomic mass is 9.79. The monoisotopic (exact) mass is 275 g/mol. The molecule has 0 aromatic carbocycles. The first kappa shape index (κ1) is 15.8. The molecule has 0 saturated carbocycles. The van der Waals surface area contributed by atoms with Crippen LogP contribution in [0.3, 0.4) is 0 Å². The number of carbonyl (C=O) groups excluding carboxylic acids is 1. The Morgan fingerprint density at radius 3 is 2.39 bits per heavy atom. The van der Waals surface area contributed by atoms with Gasteiger partial charge in [0.05, 0.1) is 5.54 Å². The summed E-state index contributed by atoms with van der Waals surface area (Å²) in [5.41, 5.74) is -0.102. The lowest BCUT2D eigenvalue weighted by molar-refractivity contribution is -0.125. The Labute approximate surface area is 116 Å². The van der Waals surface area contributed by atoms with Gasteiger partial charge in [-0.3, -0.25) is 4.79 Å². The highest BCUT2D eigenvalue weighted by atomic mass is 35.5. The second-order valence-corrected chi connectivity index (χ2v) is 6.81. The van der Waals surface area contributed by atoms with Crippen LogP contribution in [0.25, 0.3) is 0 Å². The van der Waals surface area contributed by atoms with Crippen molar-refractivity contribution < 1.29 is 9.53 Å². The van der Waals surface area contributed by atoms with Crippen LogP contribution in [0.2, 0.25) is 0 Å². The summed E-state index contributed by atoms with van der Waals surface area (Å²) >= 11 is 6.04. The lowest BCUT2D eigenvalue weighted by Crippen LogP contribution is -2.53. The fourth-order valence-corrected chi connectivity index (χ4v) is 2.32. The number of nitrogens with one attached hydrogen (secondary N) is 1. The first-order valence-electron chi connectivity index (χ1n) is 6.74. The molecule has 0 radical (unpaired) electrons. The molecule has 0 bridgehead atoms. The van der Waals surface area contributed by atoms with Gasteiger partial charge in [-0.25, -0.2) is 0 Å². The van der Waals surface area contributed by atoms with E-state index >= 15 is 0 Å². The highest BCUT2D eigenvalue weighted by Gasteiger charge is 2.34.